The number of aromatic nitrogens is 2. The van der Waals surface area contributed by atoms with E-state index < -0.39 is 7.54 Å². The van der Waals surface area contributed by atoms with Crippen molar-refractivity contribution in [1.82, 2.24) is 4.57 Å². The second kappa shape index (κ2) is 9.55. The molecule has 0 atom stereocenters. The van der Waals surface area contributed by atoms with Gasteiger partial charge in [-0.05, 0) is 6.42 Å². The molecule has 1 heterocycles. The van der Waals surface area contributed by atoms with Gasteiger partial charge in [-0.1, -0.05) is 13.3 Å². The average molecular weight is 226 g/mol. The van der Waals surface area contributed by atoms with Crippen LogP contribution in [0.5, 0.6) is 0 Å². The van der Waals surface area contributed by atoms with Gasteiger partial charge in [0.05, 0.1) is 13.6 Å². The third kappa shape index (κ3) is 10.9. The quantitative estimate of drug-likeness (QED) is 0.355. The smallest absolute Gasteiger partial charge is 0.762 e. The molecule has 0 saturated heterocycles. The Morgan fingerprint density at radius 3 is 2.20 bits per heavy atom. The van der Waals surface area contributed by atoms with Gasteiger partial charge in [0.25, 0.3) is 0 Å². The first-order chi connectivity index (χ1) is 6.56. The molecule has 0 amide bonds. The molecule has 0 radical (unpaired) electrons. The maximum absolute atomic E-state index is 9.67. The van der Waals surface area contributed by atoms with Gasteiger partial charge < -0.3 is 4.70 Å². The lowest BCUT2D eigenvalue weighted by Crippen LogP contribution is -3.00. The molecular formula is C8H15BF4N2. The van der Waals surface area contributed by atoms with E-state index in [1.54, 1.807) is 0 Å². The molecule has 0 aromatic carbocycles. The summed E-state index contributed by atoms with van der Waals surface area (Å²) in [4.78, 5) is 0. The molecule has 88 valence electrons. The number of halogens is 4. The Balaban J connectivity index is 0. The molecule has 0 N–H and O–H groups in total. The minimum absolute atomic E-state index is 0. The number of aryl methyl sites for hydroxylation is 2. The lowest BCUT2D eigenvalue weighted by Gasteiger charge is -1.90. The van der Waals surface area contributed by atoms with E-state index in [9.17, 15) is 12.9 Å². The monoisotopic (exact) mass is 226 g/mol. The van der Waals surface area contributed by atoms with Crippen LogP contribution >= 0.6 is 0 Å². The fraction of sp³-hybridized carbons (Fsp3) is 0.625. The van der Waals surface area contributed by atoms with E-state index in [4.69, 9.17) is 0 Å². The van der Waals surface area contributed by atoms with Gasteiger partial charge in [-0.3, -0.25) is 12.9 Å². The summed E-state index contributed by atoms with van der Waals surface area (Å²) in [5.74, 6) is 0. The van der Waals surface area contributed by atoms with Crippen LogP contribution < -0.4 is 9.27 Å². The van der Waals surface area contributed by atoms with Crippen molar-refractivity contribution in [2.45, 2.75) is 26.3 Å². The topological polar surface area (TPSA) is 8.81 Å². The Bertz CT molecular complexity index is 240. The first-order valence-electron chi connectivity index (χ1n) is 4.49. The van der Waals surface area contributed by atoms with Crippen molar-refractivity contribution in [2.24, 2.45) is 7.05 Å². The van der Waals surface area contributed by atoms with Crippen LogP contribution in [0, 0.1) is 0 Å². The van der Waals surface area contributed by atoms with E-state index in [2.05, 4.69) is 34.8 Å². The Kier molecular flexibility index (Phi) is 10.5. The predicted molar refractivity (Wildman–Crippen MR) is 49.6 cm³/mol. The van der Waals surface area contributed by atoms with Crippen molar-refractivity contribution in [3.05, 3.63) is 18.7 Å². The summed E-state index contributed by atoms with van der Waals surface area (Å²) in [7, 11) is -1.62. The highest BCUT2D eigenvalue weighted by Crippen LogP contribution is 1.91. The second-order valence-corrected chi connectivity index (χ2v) is 2.92. The summed E-state index contributed by atoms with van der Waals surface area (Å²) in [6.45, 7) is 3.36. The third-order valence-corrected chi connectivity index (χ3v) is 1.59. The Hall–Kier alpha value is -1.01. The summed E-state index contributed by atoms with van der Waals surface area (Å²) < 4.78 is 33.3. The molecular weight excluding hydrogens is 211 g/mol. The van der Waals surface area contributed by atoms with Gasteiger partial charge >= 0.3 is 7.54 Å². The SMILES string of the molecule is CCCCn1cc[n+](C)c1.FB(F)F.[F-]. The van der Waals surface area contributed by atoms with E-state index in [-0.39, 0.29) is 4.70 Å². The molecule has 0 unspecified atom stereocenters. The van der Waals surface area contributed by atoms with Gasteiger partial charge in [-0.2, -0.15) is 0 Å². The molecule has 0 saturated carbocycles. The molecule has 0 aliphatic rings. The highest BCUT2D eigenvalue weighted by molar-refractivity contribution is 6.33. The van der Waals surface area contributed by atoms with Crippen LogP contribution in [0.2, 0.25) is 0 Å². The second-order valence-electron chi connectivity index (χ2n) is 2.92. The lowest BCUT2D eigenvalue weighted by molar-refractivity contribution is -0.671. The first-order valence-corrected chi connectivity index (χ1v) is 4.49. The van der Waals surface area contributed by atoms with Gasteiger partial charge in [0.2, 0.25) is 6.33 Å². The molecule has 0 bridgehead atoms. The number of hydrogen-bond donors (Lipinski definition) is 0. The van der Waals surface area contributed by atoms with E-state index in [0.29, 0.717) is 0 Å². The van der Waals surface area contributed by atoms with E-state index >= 15 is 0 Å². The van der Waals surface area contributed by atoms with Crippen LogP contribution in [0.25, 0.3) is 0 Å². The molecule has 7 heteroatoms. The molecule has 0 spiro atoms. The maximum atomic E-state index is 9.67. The van der Waals surface area contributed by atoms with Crippen LogP contribution in [-0.4, -0.2) is 12.1 Å². The van der Waals surface area contributed by atoms with Gasteiger partial charge in [-0.15, -0.1) is 0 Å². The normalized spacial score (nSPS) is 8.60. The summed E-state index contributed by atoms with van der Waals surface area (Å²) in [5.41, 5.74) is 0. The van der Waals surface area contributed by atoms with E-state index in [1.807, 2.05) is 7.05 Å². The van der Waals surface area contributed by atoms with Crippen molar-refractivity contribution in [3.63, 3.8) is 0 Å². The zero-order valence-electron chi connectivity index (χ0n) is 8.84. The van der Waals surface area contributed by atoms with Crippen molar-refractivity contribution >= 4 is 7.54 Å². The molecule has 0 aliphatic carbocycles. The summed E-state index contributed by atoms with van der Waals surface area (Å²) in [6, 6.07) is 0. The summed E-state index contributed by atoms with van der Waals surface area (Å²) in [6.07, 6.45) is 8.82. The molecule has 1 aromatic rings. The zero-order chi connectivity index (χ0) is 11.0. The number of unbranched alkanes of at least 4 members (excludes halogenated alkanes) is 1. The van der Waals surface area contributed by atoms with Gasteiger partial charge in [0, 0.05) is 0 Å². The fourth-order valence-corrected chi connectivity index (χ4v) is 0.975. The van der Waals surface area contributed by atoms with Crippen LogP contribution in [0.15, 0.2) is 18.7 Å². The minimum Gasteiger partial charge on any atom is -1.00 e. The predicted octanol–water partition coefficient (Wildman–Crippen LogP) is -1.00. The highest BCUT2D eigenvalue weighted by atomic mass is 19.4. The van der Waals surface area contributed by atoms with Gasteiger partial charge in [0.15, 0.2) is 0 Å². The molecule has 1 aromatic heterocycles. The number of nitrogens with zero attached hydrogens (tertiary/aromatic N) is 2. The van der Waals surface area contributed by atoms with E-state index in [1.165, 1.54) is 12.8 Å². The summed E-state index contributed by atoms with van der Waals surface area (Å²) >= 11 is 0. The number of hydrogen-bond acceptors (Lipinski definition) is 0. The molecule has 2 nitrogen and oxygen atoms in total. The Labute approximate surface area is 87.3 Å². The molecule has 1 rings (SSSR count). The molecule has 15 heavy (non-hydrogen) atoms. The van der Waals surface area contributed by atoms with Crippen LogP contribution in [0.3, 0.4) is 0 Å². The van der Waals surface area contributed by atoms with E-state index in [0.717, 1.165) is 6.54 Å². The summed E-state index contributed by atoms with van der Waals surface area (Å²) in [5, 5.41) is 0. The van der Waals surface area contributed by atoms with Crippen molar-refractivity contribution in [1.29, 1.82) is 0 Å². The number of rotatable bonds is 3. The largest absolute Gasteiger partial charge is 1.00 e. The fourth-order valence-electron chi connectivity index (χ4n) is 0.975. The van der Waals surface area contributed by atoms with Gasteiger partial charge in [0.1, 0.15) is 12.4 Å². The van der Waals surface area contributed by atoms with Crippen molar-refractivity contribution in [2.75, 3.05) is 0 Å². The first kappa shape index (κ1) is 16.4. The van der Waals surface area contributed by atoms with Crippen molar-refractivity contribution in [3.8, 4) is 0 Å². The van der Waals surface area contributed by atoms with Crippen molar-refractivity contribution < 1.29 is 22.2 Å². The van der Waals surface area contributed by atoms with Gasteiger partial charge in [-0.25, -0.2) is 9.13 Å². The standard InChI is InChI=1S/C8H15N2.BF3.FH/c1-3-4-5-10-7-6-9(2)8-10;2-1(3)4;/h6-8H,3-5H2,1-2H3;;1H/q+1;;/p-1. The minimum atomic E-state index is -3.67. The lowest BCUT2D eigenvalue weighted by atomic mass is 10.3. The van der Waals surface area contributed by atoms with Crippen LogP contribution in [-0.2, 0) is 13.6 Å². The Morgan fingerprint density at radius 1 is 1.33 bits per heavy atom. The third-order valence-electron chi connectivity index (χ3n) is 1.59. The Morgan fingerprint density at radius 2 is 1.87 bits per heavy atom. The molecule has 0 fully saturated rings. The highest BCUT2D eigenvalue weighted by Gasteiger charge is 2.06. The van der Waals surface area contributed by atoms with Crippen LogP contribution in [0.4, 0.5) is 12.9 Å². The zero-order valence-corrected chi connectivity index (χ0v) is 8.84. The van der Waals surface area contributed by atoms with Crippen LogP contribution in [0.1, 0.15) is 19.8 Å². The number of imidazole rings is 1. The average Bonchev–Trinajstić information content (AvgIpc) is 2.47. The molecule has 0 aliphatic heterocycles. The maximum Gasteiger partial charge on any atom is 0.762 e.